The first-order valence-corrected chi connectivity index (χ1v) is 8.36. The number of benzene rings is 2. The second-order valence-corrected chi connectivity index (χ2v) is 7.55. The first-order valence-electron chi connectivity index (χ1n) is 8.36. The van der Waals surface area contributed by atoms with Crippen molar-refractivity contribution in [3.05, 3.63) is 71.4 Å². The summed E-state index contributed by atoms with van der Waals surface area (Å²) in [5, 5.41) is 1.21. The van der Waals surface area contributed by atoms with Gasteiger partial charge in [-0.05, 0) is 38.5 Å². The second kappa shape index (κ2) is 4.97. The molecule has 2 heterocycles. The molecule has 122 valence electrons. The maximum Gasteiger partial charge on any atom is 0.255 e. The van der Waals surface area contributed by atoms with Gasteiger partial charge in [0, 0.05) is 40.8 Å². The van der Waals surface area contributed by atoms with Crippen molar-refractivity contribution < 1.29 is 4.79 Å². The number of amides is 1. The topological polar surface area (TPSA) is 25.2 Å². The van der Waals surface area contributed by atoms with Gasteiger partial charge in [0.1, 0.15) is 0 Å². The van der Waals surface area contributed by atoms with Crippen molar-refractivity contribution in [1.29, 1.82) is 0 Å². The van der Waals surface area contributed by atoms with Gasteiger partial charge >= 0.3 is 0 Å². The molecule has 0 radical (unpaired) electrons. The summed E-state index contributed by atoms with van der Waals surface area (Å²) in [4.78, 5) is 15.1. The molecular formula is C21H22N2O. The Hall–Kier alpha value is -2.55. The van der Waals surface area contributed by atoms with Gasteiger partial charge in [0.2, 0.25) is 0 Å². The summed E-state index contributed by atoms with van der Waals surface area (Å²) in [6, 6.07) is 16.4. The fraction of sp³-hybridized carbons (Fsp3) is 0.286. The minimum Gasteiger partial charge on any atom is -0.350 e. The van der Waals surface area contributed by atoms with E-state index in [1.165, 1.54) is 16.5 Å². The van der Waals surface area contributed by atoms with E-state index < -0.39 is 0 Å². The van der Waals surface area contributed by atoms with Gasteiger partial charge in [0.25, 0.3) is 5.91 Å². The second-order valence-electron chi connectivity index (χ2n) is 7.55. The minimum absolute atomic E-state index is 0.0419. The highest BCUT2D eigenvalue weighted by atomic mass is 16.2. The van der Waals surface area contributed by atoms with Crippen molar-refractivity contribution in [2.75, 3.05) is 0 Å². The summed E-state index contributed by atoms with van der Waals surface area (Å²) in [5.74, 6) is 0.121. The quantitative estimate of drug-likeness (QED) is 0.647. The van der Waals surface area contributed by atoms with Crippen LogP contribution < -0.4 is 0 Å². The largest absolute Gasteiger partial charge is 0.350 e. The molecule has 0 fully saturated rings. The van der Waals surface area contributed by atoms with Gasteiger partial charge in [-0.25, -0.2) is 0 Å². The SMILES string of the molecule is Cn1cc(C2c3ccccc3C(=O)N2C(C)(C)C)c2ccccc21. The predicted molar refractivity (Wildman–Crippen MR) is 97.1 cm³/mol. The van der Waals surface area contributed by atoms with E-state index in [4.69, 9.17) is 0 Å². The molecular weight excluding hydrogens is 296 g/mol. The average Bonchev–Trinajstić information content (AvgIpc) is 3.03. The molecule has 1 aliphatic heterocycles. The third-order valence-electron chi connectivity index (χ3n) is 4.91. The molecule has 24 heavy (non-hydrogen) atoms. The van der Waals surface area contributed by atoms with Crippen LogP contribution in [0.1, 0.15) is 48.3 Å². The van der Waals surface area contributed by atoms with Gasteiger partial charge in [0.05, 0.1) is 6.04 Å². The monoisotopic (exact) mass is 318 g/mol. The Kier molecular flexibility index (Phi) is 3.11. The van der Waals surface area contributed by atoms with Crippen LogP contribution in [-0.2, 0) is 7.05 Å². The van der Waals surface area contributed by atoms with Crippen LogP contribution in [0.4, 0.5) is 0 Å². The number of hydrogen-bond acceptors (Lipinski definition) is 1. The first kappa shape index (κ1) is 15.0. The van der Waals surface area contributed by atoms with Crippen LogP contribution in [0.2, 0.25) is 0 Å². The summed E-state index contributed by atoms with van der Waals surface area (Å²) in [5.41, 5.74) is 4.07. The van der Waals surface area contributed by atoms with E-state index in [-0.39, 0.29) is 17.5 Å². The molecule has 1 amide bonds. The Bertz CT molecular complexity index is 946. The molecule has 1 aromatic heterocycles. The normalized spacial score (nSPS) is 17.6. The van der Waals surface area contributed by atoms with Crippen molar-refractivity contribution >= 4 is 16.8 Å². The third kappa shape index (κ3) is 2.01. The number of fused-ring (bicyclic) bond motifs is 2. The fourth-order valence-corrected chi connectivity index (χ4v) is 3.91. The highest BCUT2D eigenvalue weighted by Gasteiger charge is 2.43. The van der Waals surface area contributed by atoms with Crippen LogP contribution in [0.15, 0.2) is 54.7 Å². The summed E-state index contributed by atoms with van der Waals surface area (Å²) in [7, 11) is 2.07. The van der Waals surface area contributed by atoms with Crippen LogP contribution in [0.5, 0.6) is 0 Å². The molecule has 3 heteroatoms. The molecule has 0 spiro atoms. The van der Waals surface area contributed by atoms with Gasteiger partial charge in [0.15, 0.2) is 0 Å². The zero-order valence-corrected chi connectivity index (χ0v) is 14.6. The molecule has 1 atom stereocenters. The van der Waals surface area contributed by atoms with E-state index in [0.29, 0.717) is 0 Å². The molecule has 0 saturated heterocycles. The molecule has 1 aliphatic rings. The number of rotatable bonds is 1. The Morgan fingerprint density at radius 3 is 2.33 bits per heavy atom. The zero-order chi connectivity index (χ0) is 17.1. The van der Waals surface area contributed by atoms with E-state index >= 15 is 0 Å². The van der Waals surface area contributed by atoms with Gasteiger partial charge < -0.3 is 9.47 Å². The lowest BCUT2D eigenvalue weighted by molar-refractivity contribution is 0.0553. The van der Waals surface area contributed by atoms with Gasteiger partial charge in [-0.3, -0.25) is 4.79 Å². The number of carbonyl (C=O) groups excluding carboxylic acids is 1. The maximum atomic E-state index is 13.1. The molecule has 0 N–H and O–H groups in total. The van der Waals surface area contributed by atoms with E-state index in [9.17, 15) is 4.79 Å². The number of para-hydroxylation sites is 1. The molecule has 0 aliphatic carbocycles. The summed E-state index contributed by atoms with van der Waals surface area (Å²) >= 11 is 0. The molecule has 1 unspecified atom stereocenters. The lowest BCUT2D eigenvalue weighted by atomic mass is 9.95. The van der Waals surface area contributed by atoms with E-state index in [2.05, 4.69) is 68.9 Å². The number of hydrogen-bond donors (Lipinski definition) is 0. The van der Waals surface area contributed by atoms with Crippen molar-refractivity contribution in [3.63, 3.8) is 0 Å². The molecule has 4 rings (SSSR count). The van der Waals surface area contributed by atoms with Crippen LogP contribution in [0.25, 0.3) is 10.9 Å². The Balaban J connectivity index is 2.01. The minimum atomic E-state index is -0.252. The van der Waals surface area contributed by atoms with E-state index in [1.54, 1.807) is 0 Å². The molecule has 3 aromatic rings. The standard InChI is InChI=1S/C21H22N2O/c1-21(2,3)23-19(15-10-5-6-11-16(15)20(23)24)17-13-22(4)18-12-8-7-9-14(17)18/h5-13,19H,1-4H3. The number of nitrogens with zero attached hydrogens (tertiary/aromatic N) is 2. The molecule has 3 nitrogen and oxygen atoms in total. The summed E-state index contributed by atoms with van der Waals surface area (Å²) in [6.45, 7) is 6.32. The number of aryl methyl sites for hydroxylation is 1. The predicted octanol–water partition coefficient (Wildman–Crippen LogP) is 4.52. The molecule has 0 bridgehead atoms. The lowest BCUT2D eigenvalue weighted by Gasteiger charge is -2.37. The third-order valence-corrected chi connectivity index (χ3v) is 4.91. The number of aromatic nitrogens is 1. The van der Waals surface area contributed by atoms with Crippen molar-refractivity contribution in [3.8, 4) is 0 Å². The van der Waals surface area contributed by atoms with Gasteiger partial charge in [-0.15, -0.1) is 0 Å². The Labute approximate surface area is 142 Å². The smallest absolute Gasteiger partial charge is 0.255 e. The average molecular weight is 318 g/mol. The first-order chi connectivity index (χ1) is 11.4. The van der Waals surface area contributed by atoms with Crippen molar-refractivity contribution in [1.82, 2.24) is 9.47 Å². The molecule has 0 saturated carbocycles. The van der Waals surface area contributed by atoms with Crippen LogP contribution in [0.3, 0.4) is 0 Å². The highest BCUT2D eigenvalue weighted by molar-refractivity contribution is 6.01. The molecule has 2 aromatic carbocycles. The van der Waals surface area contributed by atoms with Crippen LogP contribution >= 0.6 is 0 Å². The van der Waals surface area contributed by atoms with Crippen molar-refractivity contribution in [2.45, 2.75) is 32.4 Å². The Morgan fingerprint density at radius 1 is 0.917 bits per heavy atom. The summed E-state index contributed by atoms with van der Waals surface area (Å²) in [6.07, 6.45) is 2.17. The van der Waals surface area contributed by atoms with E-state index in [0.717, 1.165) is 11.1 Å². The fourth-order valence-electron chi connectivity index (χ4n) is 3.91. The van der Waals surface area contributed by atoms with E-state index in [1.807, 2.05) is 23.1 Å². The van der Waals surface area contributed by atoms with Gasteiger partial charge in [-0.1, -0.05) is 36.4 Å². The van der Waals surface area contributed by atoms with Gasteiger partial charge in [-0.2, -0.15) is 0 Å². The highest BCUT2D eigenvalue weighted by Crippen LogP contribution is 2.44. The maximum absolute atomic E-state index is 13.1. The van der Waals surface area contributed by atoms with Crippen LogP contribution in [-0.4, -0.2) is 20.9 Å². The summed E-state index contributed by atoms with van der Waals surface area (Å²) < 4.78 is 2.15. The van der Waals surface area contributed by atoms with Crippen LogP contribution in [0, 0.1) is 0 Å². The number of carbonyl (C=O) groups is 1. The zero-order valence-electron chi connectivity index (χ0n) is 14.6. The lowest BCUT2D eigenvalue weighted by Crippen LogP contribution is -2.44. The van der Waals surface area contributed by atoms with Crippen molar-refractivity contribution in [2.24, 2.45) is 7.05 Å². The Morgan fingerprint density at radius 2 is 1.58 bits per heavy atom.